The highest BCUT2D eigenvalue weighted by Gasteiger charge is 2.19. The first-order valence-corrected chi connectivity index (χ1v) is 23.1. The number of fused-ring (bicyclic) bond motifs is 6. The van der Waals surface area contributed by atoms with E-state index in [-0.39, 0.29) is 0 Å². The minimum atomic E-state index is 0.682. The highest BCUT2D eigenvalue weighted by atomic mass is 15.0. The second kappa shape index (κ2) is 16.4. The zero-order valence-corrected chi connectivity index (χ0v) is 37.0. The number of hydrogen-bond donors (Lipinski definition) is 0. The van der Waals surface area contributed by atoms with Crippen LogP contribution in [0.2, 0.25) is 0 Å². The molecular weight excluding hydrogens is 825 g/mol. The van der Waals surface area contributed by atoms with Gasteiger partial charge in [-0.3, -0.25) is 0 Å². The lowest BCUT2D eigenvalue weighted by Gasteiger charge is -2.12. The first-order valence-electron chi connectivity index (χ1n) is 23.1. The van der Waals surface area contributed by atoms with Crippen molar-refractivity contribution in [3.63, 3.8) is 0 Å². The van der Waals surface area contributed by atoms with Gasteiger partial charge in [0.2, 0.25) is 0 Å². The lowest BCUT2D eigenvalue weighted by atomic mass is 9.98. The Morgan fingerprint density at radius 1 is 0.221 bits per heavy atom. The molecule has 0 bridgehead atoms. The molecule has 0 atom stereocenters. The molecule has 0 amide bonds. The van der Waals surface area contributed by atoms with Crippen LogP contribution in [0.4, 0.5) is 0 Å². The van der Waals surface area contributed by atoms with Gasteiger partial charge in [-0.05, 0) is 112 Å². The van der Waals surface area contributed by atoms with Crippen LogP contribution in [0.5, 0.6) is 0 Å². The maximum Gasteiger partial charge on any atom is 0.160 e. The third kappa shape index (κ3) is 6.86. The molecule has 0 saturated heterocycles. The molecule has 13 rings (SSSR count). The molecule has 10 aromatic carbocycles. The van der Waals surface area contributed by atoms with Crippen molar-refractivity contribution in [2.45, 2.75) is 0 Å². The number of nitrogens with zero attached hydrogens (tertiary/aromatic N) is 4. The molecule has 4 heteroatoms. The van der Waals surface area contributed by atoms with Gasteiger partial charge in [-0.2, -0.15) is 0 Å². The third-order valence-corrected chi connectivity index (χ3v) is 13.3. The van der Waals surface area contributed by atoms with Gasteiger partial charge in [0, 0.05) is 49.6 Å². The number of benzene rings is 10. The summed E-state index contributed by atoms with van der Waals surface area (Å²) in [6, 6.07) is 91.2. The van der Waals surface area contributed by atoms with E-state index in [2.05, 4.69) is 252 Å². The predicted molar refractivity (Wildman–Crippen MR) is 283 cm³/mol. The van der Waals surface area contributed by atoms with E-state index in [1.54, 1.807) is 0 Å². The molecule has 0 saturated carbocycles. The van der Waals surface area contributed by atoms with Crippen LogP contribution in [-0.4, -0.2) is 19.1 Å². The maximum atomic E-state index is 5.19. The van der Waals surface area contributed by atoms with Crippen molar-refractivity contribution >= 4 is 43.6 Å². The van der Waals surface area contributed by atoms with E-state index in [1.165, 1.54) is 60.4 Å². The van der Waals surface area contributed by atoms with Gasteiger partial charge in [-0.15, -0.1) is 0 Å². The second-order valence-corrected chi connectivity index (χ2v) is 17.4. The van der Waals surface area contributed by atoms with Gasteiger partial charge in [-0.1, -0.05) is 176 Å². The molecule has 0 aliphatic heterocycles. The Hall–Kier alpha value is -9.12. The van der Waals surface area contributed by atoms with Crippen molar-refractivity contribution in [1.82, 2.24) is 19.1 Å². The molecule has 0 spiro atoms. The lowest BCUT2D eigenvalue weighted by Crippen LogP contribution is -1.98. The number of aromatic nitrogens is 4. The normalized spacial score (nSPS) is 11.5. The van der Waals surface area contributed by atoms with Crippen LogP contribution in [0.3, 0.4) is 0 Å². The Balaban J connectivity index is 0.990. The molecule has 0 fully saturated rings. The van der Waals surface area contributed by atoms with Gasteiger partial charge in [0.25, 0.3) is 0 Å². The van der Waals surface area contributed by atoms with Crippen LogP contribution in [0, 0.1) is 0 Å². The molecule has 3 heterocycles. The quantitative estimate of drug-likeness (QED) is 0.153. The average molecular weight is 867 g/mol. The Morgan fingerprint density at radius 3 is 0.956 bits per heavy atom. The van der Waals surface area contributed by atoms with Crippen molar-refractivity contribution < 1.29 is 0 Å². The third-order valence-electron chi connectivity index (χ3n) is 13.3. The fourth-order valence-electron chi connectivity index (χ4n) is 10.0. The molecule has 68 heavy (non-hydrogen) atoms. The maximum absolute atomic E-state index is 5.19. The first-order chi connectivity index (χ1) is 33.7. The highest BCUT2D eigenvalue weighted by Crippen LogP contribution is 2.41. The monoisotopic (exact) mass is 866 g/mol. The Kier molecular flexibility index (Phi) is 9.47. The number of para-hydroxylation sites is 1. The standard InChI is InChI=1S/C64H42N4/c1-6-17-43(18-7-1)47-29-33-60-54(38-47)56-40-49(31-35-61(56)67(60)52-26-14-5-15-27-52)50-32-36-63-57(41-50)55-39-48(44-19-8-2-9-20-44)30-34-62(55)68(63)53-28-16-25-51(37-53)64-65-58(45-21-10-3-11-22-45)42-59(66-64)46-23-12-4-13-24-46/h1-42H. The van der Waals surface area contributed by atoms with Gasteiger partial charge >= 0.3 is 0 Å². The summed E-state index contributed by atoms with van der Waals surface area (Å²) < 4.78 is 4.79. The van der Waals surface area contributed by atoms with Crippen LogP contribution in [0.15, 0.2) is 255 Å². The summed E-state index contributed by atoms with van der Waals surface area (Å²) in [5, 5.41) is 4.83. The van der Waals surface area contributed by atoms with Crippen molar-refractivity contribution in [2.24, 2.45) is 0 Å². The van der Waals surface area contributed by atoms with E-state index in [0.29, 0.717) is 5.82 Å². The topological polar surface area (TPSA) is 35.6 Å². The van der Waals surface area contributed by atoms with Gasteiger partial charge < -0.3 is 9.13 Å². The molecule has 318 valence electrons. The fraction of sp³-hybridized carbons (Fsp3) is 0. The Labute approximate surface area is 394 Å². The molecule has 0 N–H and O–H groups in total. The molecule has 0 unspecified atom stereocenters. The van der Waals surface area contributed by atoms with Crippen LogP contribution >= 0.6 is 0 Å². The van der Waals surface area contributed by atoms with E-state index in [9.17, 15) is 0 Å². The van der Waals surface area contributed by atoms with Gasteiger partial charge in [-0.25, -0.2) is 9.97 Å². The zero-order valence-electron chi connectivity index (χ0n) is 37.0. The molecule has 4 nitrogen and oxygen atoms in total. The summed E-state index contributed by atoms with van der Waals surface area (Å²) in [6.07, 6.45) is 0. The van der Waals surface area contributed by atoms with Crippen molar-refractivity contribution in [3.05, 3.63) is 255 Å². The zero-order chi connectivity index (χ0) is 45.0. The summed E-state index contributed by atoms with van der Waals surface area (Å²) in [5.74, 6) is 0.682. The summed E-state index contributed by atoms with van der Waals surface area (Å²) in [5.41, 5.74) is 18.8. The fourth-order valence-corrected chi connectivity index (χ4v) is 10.0. The molecular formula is C64H42N4. The van der Waals surface area contributed by atoms with E-state index in [1.807, 2.05) is 12.1 Å². The molecule has 0 aliphatic carbocycles. The van der Waals surface area contributed by atoms with E-state index in [0.717, 1.165) is 56.0 Å². The minimum Gasteiger partial charge on any atom is -0.309 e. The van der Waals surface area contributed by atoms with Gasteiger partial charge in [0.15, 0.2) is 5.82 Å². The smallest absolute Gasteiger partial charge is 0.160 e. The van der Waals surface area contributed by atoms with Crippen LogP contribution in [0.25, 0.3) is 122 Å². The Morgan fingerprint density at radius 2 is 0.544 bits per heavy atom. The summed E-state index contributed by atoms with van der Waals surface area (Å²) >= 11 is 0. The van der Waals surface area contributed by atoms with E-state index >= 15 is 0 Å². The van der Waals surface area contributed by atoms with Crippen molar-refractivity contribution in [3.8, 4) is 78.7 Å². The van der Waals surface area contributed by atoms with Crippen LogP contribution in [-0.2, 0) is 0 Å². The number of rotatable bonds is 8. The lowest BCUT2D eigenvalue weighted by molar-refractivity contribution is 1.16. The predicted octanol–water partition coefficient (Wildman–Crippen LogP) is 16.7. The summed E-state index contributed by atoms with van der Waals surface area (Å²) in [4.78, 5) is 10.4. The summed E-state index contributed by atoms with van der Waals surface area (Å²) in [6.45, 7) is 0. The SMILES string of the molecule is c1ccc(-c2ccc3c(c2)c2cc(-c4ccc5c(c4)c4cc(-c6ccccc6)ccc4n5-c4cccc(-c5nc(-c6ccccc6)cc(-c6ccccc6)n5)c4)ccc2n3-c2ccccc2)cc1. The number of hydrogen-bond acceptors (Lipinski definition) is 2. The van der Waals surface area contributed by atoms with Crippen LogP contribution in [0.1, 0.15) is 0 Å². The molecule has 3 aromatic heterocycles. The van der Waals surface area contributed by atoms with Crippen molar-refractivity contribution in [1.29, 1.82) is 0 Å². The Bertz CT molecular complexity index is 3930. The van der Waals surface area contributed by atoms with Gasteiger partial charge in [0.05, 0.1) is 33.5 Å². The minimum absolute atomic E-state index is 0.682. The van der Waals surface area contributed by atoms with Crippen LogP contribution < -0.4 is 0 Å². The molecule has 0 radical (unpaired) electrons. The average Bonchev–Trinajstić information content (AvgIpc) is 3.93. The molecule has 13 aromatic rings. The second-order valence-electron chi connectivity index (χ2n) is 17.4. The first kappa shape index (κ1) is 39.3. The summed E-state index contributed by atoms with van der Waals surface area (Å²) in [7, 11) is 0. The van der Waals surface area contributed by atoms with Gasteiger partial charge in [0.1, 0.15) is 0 Å². The highest BCUT2D eigenvalue weighted by molar-refractivity contribution is 6.14. The molecule has 0 aliphatic rings. The largest absolute Gasteiger partial charge is 0.309 e. The van der Waals surface area contributed by atoms with E-state index in [4.69, 9.17) is 9.97 Å². The van der Waals surface area contributed by atoms with E-state index < -0.39 is 0 Å². The van der Waals surface area contributed by atoms with Crippen molar-refractivity contribution in [2.75, 3.05) is 0 Å².